The van der Waals surface area contributed by atoms with Gasteiger partial charge in [-0.3, -0.25) is 14.6 Å². The summed E-state index contributed by atoms with van der Waals surface area (Å²) < 4.78 is 5.79. The van der Waals surface area contributed by atoms with Gasteiger partial charge in [0.15, 0.2) is 0 Å². The molecule has 2 unspecified atom stereocenters. The van der Waals surface area contributed by atoms with Gasteiger partial charge in [-0.05, 0) is 47.5 Å². The van der Waals surface area contributed by atoms with Crippen LogP contribution in [-0.4, -0.2) is 46.1 Å². The minimum atomic E-state index is -0.515. The average molecular weight is 417 g/mol. The first-order valence-electron chi connectivity index (χ1n) is 10.0. The van der Waals surface area contributed by atoms with E-state index in [0.717, 1.165) is 11.1 Å². The molecule has 0 aliphatic carbocycles. The van der Waals surface area contributed by atoms with Gasteiger partial charge in [0.25, 0.3) is 5.91 Å². The molecule has 1 aliphatic rings. The van der Waals surface area contributed by atoms with Crippen molar-refractivity contribution in [1.29, 1.82) is 0 Å². The number of pyridine rings is 1. The van der Waals surface area contributed by atoms with Gasteiger partial charge < -0.3 is 20.1 Å². The second kappa shape index (κ2) is 9.51. The molecule has 7 heteroatoms. The van der Waals surface area contributed by atoms with Crippen molar-refractivity contribution < 1.29 is 19.4 Å². The first-order chi connectivity index (χ1) is 15.2. The van der Waals surface area contributed by atoms with Crippen LogP contribution in [0.1, 0.15) is 27.6 Å². The van der Waals surface area contributed by atoms with Gasteiger partial charge in [0.1, 0.15) is 12.7 Å². The summed E-state index contributed by atoms with van der Waals surface area (Å²) in [6.45, 7) is 0.0877. The Balaban J connectivity index is 1.48. The maximum Gasteiger partial charge on any atom is 0.255 e. The van der Waals surface area contributed by atoms with E-state index in [4.69, 9.17) is 4.74 Å². The molecule has 2 heterocycles. The number of amides is 2. The van der Waals surface area contributed by atoms with Gasteiger partial charge in [0.2, 0.25) is 5.91 Å². The van der Waals surface area contributed by atoms with Crippen LogP contribution >= 0.6 is 0 Å². The van der Waals surface area contributed by atoms with E-state index in [1.165, 1.54) is 0 Å². The topological polar surface area (TPSA) is 91.8 Å². The zero-order chi connectivity index (χ0) is 21.6. The lowest BCUT2D eigenvalue weighted by atomic mass is 9.98. The van der Waals surface area contributed by atoms with E-state index in [1.54, 1.807) is 41.6 Å². The van der Waals surface area contributed by atoms with Crippen molar-refractivity contribution in [3.05, 3.63) is 95.8 Å². The highest BCUT2D eigenvalue weighted by atomic mass is 16.5. The number of benzene rings is 2. The van der Waals surface area contributed by atoms with Crippen molar-refractivity contribution in [3.8, 4) is 0 Å². The molecular formula is C24H23N3O4. The summed E-state index contributed by atoms with van der Waals surface area (Å²) in [6.07, 6.45) is 2.88. The first kappa shape index (κ1) is 20.7. The SMILES string of the molecule is O=C(Nc1ccc(C2OCC(=O)N(Cc3ccncc3)C2CO)cc1)c1ccccc1. The maximum absolute atomic E-state index is 12.5. The summed E-state index contributed by atoms with van der Waals surface area (Å²) in [6, 6.07) is 19.4. The third-order valence-electron chi connectivity index (χ3n) is 5.28. The molecule has 31 heavy (non-hydrogen) atoms. The predicted octanol–water partition coefficient (Wildman–Crippen LogP) is 2.79. The molecule has 7 nitrogen and oxygen atoms in total. The molecule has 4 rings (SSSR count). The largest absolute Gasteiger partial charge is 0.394 e. The van der Waals surface area contributed by atoms with Gasteiger partial charge in [0.05, 0.1) is 12.6 Å². The summed E-state index contributed by atoms with van der Waals surface area (Å²) in [5.41, 5.74) is 2.98. The van der Waals surface area contributed by atoms with E-state index in [1.807, 2.05) is 42.5 Å². The number of carbonyl (C=O) groups excluding carboxylic acids is 2. The van der Waals surface area contributed by atoms with Crippen molar-refractivity contribution in [1.82, 2.24) is 9.88 Å². The Labute approximate surface area is 180 Å². The Morgan fingerprint density at radius 3 is 2.45 bits per heavy atom. The number of aromatic nitrogens is 1. The van der Waals surface area contributed by atoms with Gasteiger partial charge >= 0.3 is 0 Å². The second-order valence-electron chi connectivity index (χ2n) is 7.30. The average Bonchev–Trinajstić information content (AvgIpc) is 2.82. The quantitative estimate of drug-likeness (QED) is 0.644. The Hall–Kier alpha value is -3.55. The van der Waals surface area contributed by atoms with Crippen LogP contribution in [0.3, 0.4) is 0 Å². The summed E-state index contributed by atoms with van der Waals surface area (Å²) in [5.74, 6) is -0.358. The Kier molecular flexibility index (Phi) is 6.35. The fraction of sp³-hybridized carbons (Fsp3) is 0.208. The smallest absolute Gasteiger partial charge is 0.255 e. The molecule has 1 fully saturated rings. The number of nitrogens with one attached hydrogen (secondary N) is 1. The standard InChI is InChI=1S/C24H23N3O4/c28-15-21-23(31-16-22(29)27(21)14-17-10-12-25-13-11-17)18-6-8-20(9-7-18)26-24(30)19-4-2-1-3-5-19/h1-13,21,23,28H,14-16H2,(H,26,30). The molecule has 0 saturated carbocycles. The molecule has 158 valence electrons. The Bertz CT molecular complexity index is 1030. The lowest BCUT2D eigenvalue weighted by Gasteiger charge is -2.40. The lowest BCUT2D eigenvalue weighted by molar-refractivity contribution is -0.162. The van der Waals surface area contributed by atoms with Crippen LogP contribution in [0.5, 0.6) is 0 Å². The number of aliphatic hydroxyl groups is 1. The molecule has 0 radical (unpaired) electrons. The maximum atomic E-state index is 12.5. The molecule has 2 amide bonds. The van der Waals surface area contributed by atoms with Crippen LogP contribution in [0, 0.1) is 0 Å². The van der Waals surface area contributed by atoms with Crippen LogP contribution in [0.4, 0.5) is 5.69 Å². The number of hydrogen-bond acceptors (Lipinski definition) is 5. The number of hydrogen-bond donors (Lipinski definition) is 2. The van der Waals surface area contributed by atoms with Crippen LogP contribution in [0.25, 0.3) is 0 Å². The van der Waals surface area contributed by atoms with Crippen LogP contribution in [0.15, 0.2) is 79.1 Å². The zero-order valence-corrected chi connectivity index (χ0v) is 16.8. The minimum absolute atomic E-state index is 0.0568. The van der Waals surface area contributed by atoms with Crippen LogP contribution < -0.4 is 5.32 Å². The third kappa shape index (κ3) is 4.79. The molecule has 0 spiro atoms. The van der Waals surface area contributed by atoms with E-state index in [0.29, 0.717) is 17.8 Å². The molecule has 0 bridgehead atoms. The number of aliphatic hydroxyl groups excluding tert-OH is 1. The second-order valence-corrected chi connectivity index (χ2v) is 7.30. The highest BCUT2D eigenvalue weighted by Gasteiger charge is 2.37. The monoisotopic (exact) mass is 417 g/mol. The van der Waals surface area contributed by atoms with E-state index < -0.39 is 12.1 Å². The molecule has 2 atom stereocenters. The molecule has 3 aromatic rings. The number of nitrogens with zero attached hydrogens (tertiary/aromatic N) is 2. The van der Waals surface area contributed by atoms with Crippen LogP contribution in [-0.2, 0) is 16.1 Å². The van der Waals surface area contributed by atoms with Gasteiger partial charge in [-0.1, -0.05) is 30.3 Å². The predicted molar refractivity (Wildman–Crippen MR) is 115 cm³/mol. The fourth-order valence-corrected chi connectivity index (χ4v) is 3.66. The number of ether oxygens (including phenoxy) is 1. The van der Waals surface area contributed by atoms with Gasteiger partial charge in [-0.25, -0.2) is 0 Å². The summed E-state index contributed by atoms with van der Waals surface area (Å²) >= 11 is 0. The van der Waals surface area contributed by atoms with Crippen LogP contribution in [0.2, 0.25) is 0 Å². The fourth-order valence-electron chi connectivity index (χ4n) is 3.66. The molecule has 1 saturated heterocycles. The summed E-state index contributed by atoms with van der Waals surface area (Å²) in [5, 5.41) is 12.9. The van der Waals surface area contributed by atoms with E-state index in [-0.39, 0.29) is 25.0 Å². The molecule has 1 aliphatic heterocycles. The number of morpholine rings is 1. The van der Waals surface area contributed by atoms with Gasteiger partial charge in [0, 0.05) is 30.2 Å². The Morgan fingerprint density at radius 1 is 1.06 bits per heavy atom. The van der Waals surface area contributed by atoms with Gasteiger partial charge in [-0.2, -0.15) is 0 Å². The minimum Gasteiger partial charge on any atom is -0.394 e. The Morgan fingerprint density at radius 2 is 1.77 bits per heavy atom. The van der Waals surface area contributed by atoms with Crippen molar-refractivity contribution >= 4 is 17.5 Å². The molecular weight excluding hydrogens is 394 g/mol. The highest BCUT2D eigenvalue weighted by Crippen LogP contribution is 2.31. The number of anilines is 1. The number of carbonyl (C=O) groups is 2. The summed E-state index contributed by atoms with van der Waals surface area (Å²) in [7, 11) is 0. The van der Waals surface area contributed by atoms with Crippen molar-refractivity contribution in [2.75, 3.05) is 18.5 Å². The molecule has 2 N–H and O–H groups in total. The van der Waals surface area contributed by atoms with Crippen molar-refractivity contribution in [2.45, 2.75) is 18.7 Å². The van der Waals surface area contributed by atoms with Crippen molar-refractivity contribution in [2.24, 2.45) is 0 Å². The highest BCUT2D eigenvalue weighted by molar-refractivity contribution is 6.04. The zero-order valence-electron chi connectivity index (χ0n) is 16.8. The van der Waals surface area contributed by atoms with E-state index in [9.17, 15) is 14.7 Å². The first-order valence-corrected chi connectivity index (χ1v) is 10.0. The van der Waals surface area contributed by atoms with Crippen molar-refractivity contribution in [3.63, 3.8) is 0 Å². The third-order valence-corrected chi connectivity index (χ3v) is 5.28. The molecule has 2 aromatic carbocycles. The summed E-state index contributed by atoms with van der Waals surface area (Å²) in [4.78, 5) is 30.5. The van der Waals surface area contributed by atoms with Gasteiger partial charge in [-0.15, -0.1) is 0 Å². The number of rotatable bonds is 6. The normalized spacial score (nSPS) is 18.6. The molecule has 1 aromatic heterocycles. The lowest BCUT2D eigenvalue weighted by Crippen LogP contribution is -2.52. The van der Waals surface area contributed by atoms with E-state index in [2.05, 4.69) is 10.3 Å². The van der Waals surface area contributed by atoms with E-state index >= 15 is 0 Å².